The number of ether oxygens (including phenoxy) is 1. The van der Waals surface area contributed by atoms with Gasteiger partial charge in [0.2, 0.25) is 17.2 Å². The smallest absolute Gasteiger partial charge is 0.744 e. The number of methoxy groups -OCH3 is 1. The summed E-state index contributed by atoms with van der Waals surface area (Å²) in [6.45, 7) is 0. The van der Waals surface area contributed by atoms with Crippen molar-refractivity contribution in [2.75, 3.05) is 17.7 Å². The third-order valence-electron chi connectivity index (χ3n) is 7.27. The fraction of sp³-hybridized carbons (Fsp3) is 0.0333. The Morgan fingerprint density at radius 1 is 0.691 bits per heavy atom. The molecular formula is C30H19ClN7Na3O11S3. The van der Waals surface area contributed by atoms with Crippen molar-refractivity contribution in [2.45, 2.75) is 14.7 Å². The molecule has 3 N–H and O–H groups in total. The van der Waals surface area contributed by atoms with Crippen LogP contribution in [-0.4, -0.2) is 66.1 Å². The number of phenolic OH excluding ortho intramolecular Hbond substituents is 1. The van der Waals surface area contributed by atoms with Crippen LogP contribution in [0.15, 0.2) is 104 Å². The van der Waals surface area contributed by atoms with Crippen LogP contribution in [0.3, 0.4) is 0 Å². The molecular weight excluding hydrogens is 835 g/mol. The van der Waals surface area contributed by atoms with Crippen molar-refractivity contribution in [1.82, 2.24) is 15.0 Å². The van der Waals surface area contributed by atoms with Gasteiger partial charge in [-0.05, 0) is 64.8 Å². The van der Waals surface area contributed by atoms with Gasteiger partial charge in [-0.1, -0.05) is 36.4 Å². The molecule has 0 saturated heterocycles. The standard InChI is InChI=1S/C30H22ClN7O11S3.3Na/c1-49-17-9-10-21(23(13-17)51(43,44)45)37-38-26-24(52(46,47)48)12-16-11-18(50(40,41)42)14-22(25(16)27(26)39)33-30-35-28(31)34-29(36-30)32-20-8-4-6-15-5-2-3-7-19(15)20;;;/h2-14,39H,1H3,(H,40,41,42)(H,43,44,45)(H,46,47,48)(H2,32,33,34,35,36);;;/q;3*+1/p-3. The number of benzene rings is 5. The van der Waals surface area contributed by atoms with E-state index in [-0.39, 0.29) is 112 Å². The van der Waals surface area contributed by atoms with Crippen molar-refractivity contribution in [3.8, 4) is 11.5 Å². The van der Waals surface area contributed by atoms with E-state index in [0.717, 1.165) is 29.0 Å². The first-order valence-corrected chi connectivity index (χ1v) is 18.8. The molecule has 18 nitrogen and oxygen atoms in total. The Morgan fingerprint density at radius 2 is 1.31 bits per heavy atom. The summed E-state index contributed by atoms with van der Waals surface area (Å²) in [4.78, 5) is 9.14. The van der Waals surface area contributed by atoms with E-state index in [9.17, 15) is 44.0 Å². The average molecular weight is 854 g/mol. The van der Waals surface area contributed by atoms with Crippen LogP contribution < -0.4 is 104 Å². The number of azo groups is 1. The number of hydrogen-bond donors (Lipinski definition) is 3. The van der Waals surface area contributed by atoms with E-state index in [1.54, 1.807) is 12.1 Å². The van der Waals surface area contributed by atoms with Crippen LogP contribution in [0.5, 0.6) is 11.5 Å². The summed E-state index contributed by atoms with van der Waals surface area (Å²) in [6.07, 6.45) is 0. The summed E-state index contributed by atoms with van der Waals surface area (Å²) >= 11 is 6.17. The predicted octanol–water partition coefficient (Wildman–Crippen LogP) is -3.83. The van der Waals surface area contributed by atoms with Crippen LogP contribution in [0.1, 0.15) is 0 Å². The molecule has 0 aliphatic heterocycles. The summed E-state index contributed by atoms with van der Waals surface area (Å²) in [7, 11) is -14.8. The minimum absolute atomic E-state index is 0. The van der Waals surface area contributed by atoms with Gasteiger partial charge < -0.3 is 34.1 Å². The van der Waals surface area contributed by atoms with Crippen LogP contribution in [0.4, 0.5) is 34.6 Å². The van der Waals surface area contributed by atoms with Crippen LogP contribution in [0, 0.1) is 0 Å². The fourth-order valence-corrected chi connectivity index (χ4v) is 7.00. The van der Waals surface area contributed by atoms with Crippen molar-refractivity contribution in [1.29, 1.82) is 0 Å². The van der Waals surface area contributed by atoms with Gasteiger partial charge in [0.05, 0.1) is 27.5 Å². The second-order valence-electron chi connectivity index (χ2n) is 10.6. The number of halogens is 1. The fourth-order valence-electron chi connectivity index (χ4n) is 5.04. The molecule has 268 valence electrons. The first-order valence-electron chi connectivity index (χ1n) is 14.2. The van der Waals surface area contributed by atoms with Crippen molar-refractivity contribution in [2.24, 2.45) is 10.2 Å². The molecule has 0 saturated carbocycles. The summed E-state index contributed by atoms with van der Waals surface area (Å²) in [6, 6.07) is 17.8. The molecule has 0 amide bonds. The largest absolute Gasteiger partial charge is 1.00 e. The Bertz CT molecular complexity index is 2820. The molecule has 0 radical (unpaired) electrons. The first-order chi connectivity index (χ1) is 24.4. The third kappa shape index (κ3) is 10.7. The summed E-state index contributed by atoms with van der Waals surface area (Å²) in [5.41, 5.74) is -1.52. The quantitative estimate of drug-likeness (QED) is 0.0676. The van der Waals surface area contributed by atoms with E-state index in [2.05, 4.69) is 35.8 Å². The molecule has 6 rings (SSSR count). The molecule has 0 fully saturated rings. The normalized spacial score (nSPS) is 11.7. The maximum absolute atomic E-state index is 12.4. The number of fused-ring (bicyclic) bond motifs is 2. The van der Waals surface area contributed by atoms with Crippen molar-refractivity contribution < 1.29 is 137 Å². The molecule has 1 heterocycles. The SMILES string of the molecule is COc1ccc(N=Nc2c(S(=O)(=O)[O-])cc3cc(S(=O)(=O)[O-])cc(Nc4nc(Cl)nc(Nc5cccc6ccccc56)n4)c3c2O)c(S(=O)(=O)[O-])c1.[Na+].[Na+].[Na+]. The molecule has 5 aromatic carbocycles. The van der Waals surface area contributed by atoms with E-state index in [0.29, 0.717) is 17.8 Å². The number of nitrogens with one attached hydrogen (secondary N) is 2. The van der Waals surface area contributed by atoms with Gasteiger partial charge in [0.25, 0.3) is 0 Å². The molecule has 0 aliphatic carbocycles. The van der Waals surface area contributed by atoms with Crippen molar-refractivity contribution in [3.05, 3.63) is 84.1 Å². The second-order valence-corrected chi connectivity index (χ2v) is 15.0. The van der Waals surface area contributed by atoms with E-state index < -0.39 is 78.6 Å². The van der Waals surface area contributed by atoms with Gasteiger partial charge in [-0.25, -0.2) is 25.3 Å². The maximum Gasteiger partial charge on any atom is 1.00 e. The molecule has 0 unspecified atom stereocenters. The predicted molar refractivity (Wildman–Crippen MR) is 182 cm³/mol. The summed E-state index contributed by atoms with van der Waals surface area (Å²) in [5, 5.41) is 24.7. The zero-order chi connectivity index (χ0) is 37.6. The third-order valence-corrected chi connectivity index (χ3v) is 9.96. The number of hydrogen-bond acceptors (Lipinski definition) is 18. The Kier molecular flexibility index (Phi) is 15.6. The zero-order valence-corrected chi connectivity index (χ0v) is 38.1. The van der Waals surface area contributed by atoms with E-state index >= 15 is 0 Å². The minimum Gasteiger partial charge on any atom is -0.744 e. The maximum atomic E-state index is 12.4. The molecule has 6 aromatic rings. The Labute approximate surface area is 384 Å². The number of aromatic nitrogens is 3. The van der Waals surface area contributed by atoms with E-state index in [1.807, 2.05) is 30.3 Å². The molecule has 1 aromatic heterocycles. The average Bonchev–Trinajstić information content (AvgIpc) is 3.06. The van der Waals surface area contributed by atoms with Gasteiger partial charge in [-0.3, -0.25) is 0 Å². The van der Waals surface area contributed by atoms with Crippen LogP contribution in [0.2, 0.25) is 5.28 Å². The van der Waals surface area contributed by atoms with Gasteiger partial charge in [-0.2, -0.15) is 15.0 Å². The van der Waals surface area contributed by atoms with Gasteiger partial charge in [0.15, 0.2) is 5.75 Å². The second kappa shape index (κ2) is 18.4. The van der Waals surface area contributed by atoms with Gasteiger partial charge in [0, 0.05) is 16.5 Å². The van der Waals surface area contributed by atoms with Gasteiger partial charge >= 0.3 is 88.7 Å². The summed E-state index contributed by atoms with van der Waals surface area (Å²) in [5.74, 6) is -1.63. The molecule has 0 aliphatic rings. The first kappa shape index (κ1) is 46.8. The van der Waals surface area contributed by atoms with Gasteiger partial charge in [-0.15, -0.1) is 10.2 Å². The van der Waals surface area contributed by atoms with Crippen LogP contribution >= 0.6 is 11.6 Å². The Balaban J connectivity index is 0.00000271. The van der Waals surface area contributed by atoms with E-state index in [4.69, 9.17) is 16.3 Å². The van der Waals surface area contributed by atoms with Crippen molar-refractivity contribution >= 4 is 98.1 Å². The number of anilines is 4. The molecule has 25 heteroatoms. The molecule has 0 spiro atoms. The zero-order valence-electron chi connectivity index (χ0n) is 28.9. The molecule has 55 heavy (non-hydrogen) atoms. The number of nitrogens with zero attached hydrogens (tertiary/aromatic N) is 5. The van der Waals surface area contributed by atoms with Gasteiger partial charge in [0.1, 0.15) is 47.5 Å². The minimum atomic E-state index is -5.55. The molecule has 0 atom stereocenters. The number of aromatic hydroxyl groups is 1. The Morgan fingerprint density at radius 3 is 1.93 bits per heavy atom. The monoisotopic (exact) mass is 853 g/mol. The van der Waals surface area contributed by atoms with Crippen LogP contribution in [-0.2, 0) is 30.4 Å². The summed E-state index contributed by atoms with van der Waals surface area (Å²) < 4.78 is 114. The van der Waals surface area contributed by atoms with Crippen LogP contribution in [0.25, 0.3) is 21.5 Å². The number of rotatable bonds is 10. The topological polar surface area (TPSA) is 289 Å². The molecule has 0 bridgehead atoms. The van der Waals surface area contributed by atoms with Crippen molar-refractivity contribution in [3.63, 3.8) is 0 Å². The van der Waals surface area contributed by atoms with E-state index in [1.165, 1.54) is 13.2 Å². The number of phenols is 1. The Hall–Kier alpha value is -2.55.